The minimum atomic E-state index is -0.652. The van der Waals surface area contributed by atoms with Gasteiger partial charge in [0, 0.05) is 13.1 Å². The maximum Gasteiger partial charge on any atom is 0.254 e. The number of hydrogen-bond acceptors (Lipinski definition) is 6. The average molecular weight is 475 g/mol. The van der Waals surface area contributed by atoms with Gasteiger partial charge in [-0.15, -0.1) is 0 Å². The van der Waals surface area contributed by atoms with Gasteiger partial charge in [0.2, 0.25) is 5.91 Å². The standard InChI is InChI=1S/C26H30N6O3/c1-2-22(33)31-15-7-6-9-18(10-8-16-31)32-25(27)23(26(28)34)24(30-32)21-14-13-20(17-29-21)35-19-11-4-3-5-12-19/h2-5,11-14,17-18H,1,6-10,15-16,27H2,(H2,28,34)/t18-/m0/s1. The third-order valence-corrected chi connectivity index (χ3v) is 6.16. The molecule has 0 spiro atoms. The molecule has 35 heavy (non-hydrogen) atoms. The lowest BCUT2D eigenvalue weighted by atomic mass is 10.1. The maximum absolute atomic E-state index is 12.3. The van der Waals surface area contributed by atoms with Crippen molar-refractivity contribution in [2.75, 3.05) is 18.8 Å². The molecule has 1 atom stereocenters. The average Bonchev–Trinajstić information content (AvgIpc) is 3.26. The summed E-state index contributed by atoms with van der Waals surface area (Å²) in [5, 5.41) is 4.70. The smallest absolute Gasteiger partial charge is 0.254 e. The number of para-hydroxylation sites is 1. The van der Waals surface area contributed by atoms with Gasteiger partial charge in [0.25, 0.3) is 5.91 Å². The van der Waals surface area contributed by atoms with E-state index in [9.17, 15) is 9.59 Å². The van der Waals surface area contributed by atoms with Gasteiger partial charge in [0.1, 0.15) is 28.6 Å². The van der Waals surface area contributed by atoms with Gasteiger partial charge in [0.15, 0.2) is 0 Å². The van der Waals surface area contributed by atoms with Crippen LogP contribution in [0.2, 0.25) is 0 Å². The predicted octanol–water partition coefficient (Wildman–Crippen LogP) is 3.94. The second-order valence-electron chi connectivity index (χ2n) is 8.53. The van der Waals surface area contributed by atoms with Crippen molar-refractivity contribution >= 4 is 17.6 Å². The molecular formula is C26H30N6O3. The summed E-state index contributed by atoms with van der Waals surface area (Å²) in [6.45, 7) is 4.93. The summed E-state index contributed by atoms with van der Waals surface area (Å²) < 4.78 is 7.51. The van der Waals surface area contributed by atoms with Crippen molar-refractivity contribution in [2.45, 2.75) is 38.1 Å². The first kappa shape index (κ1) is 24.0. The van der Waals surface area contributed by atoms with Gasteiger partial charge in [-0.1, -0.05) is 24.8 Å². The number of nitrogens with two attached hydrogens (primary N) is 2. The quantitative estimate of drug-likeness (QED) is 0.521. The van der Waals surface area contributed by atoms with E-state index in [0.717, 1.165) is 32.1 Å². The van der Waals surface area contributed by atoms with E-state index in [2.05, 4.69) is 11.6 Å². The third-order valence-electron chi connectivity index (χ3n) is 6.16. The van der Waals surface area contributed by atoms with Crippen LogP contribution in [0.1, 0.15) is 48.5 Å². The number of pyridine rings is 1. The zero-order valence-electron chi connectivity index (χ0n) is 19.6. The van der Waals surface area contributed by atoms with Crippen LogP contribution in [0.5, 0.6) is 11.5 Å². The SMILES string of the molecule is C=CC(=O)N1CCCC[C@H](n2nc(-c3ccc(Oc4ccccc4)cn3)c(C(N)=O)c2N)CCC1. The Hall–Kier alpha value is -4.14. The maximum atomic E-state index is 12.3. The Bertz CT molecular complexity index is 1190. The number of aromatic nitrogens is 3. The van der Waals surface area contributed by atoms with Crippen LogP contribution in [-0.4, -0.2) is 44.6 Å². The first-order valence-corrected chi connectivity index (χ1v) is 11.8. The topological polar surface area (TPSA) is 129 Å². The minimum absolute atomic E-state index is 0.0127. The number of nitrogen functional groups attached to an aromatic ring is 1. The highest BCUT2D eigenvalue weighted by Gasteiger charge is 2.27. The summed E-state index contributed by atoms with van der Waals surface area (Å²) >= 11 is 0. The lowest BCUT2D eigenvalue weighted by Crippen LogP contribution is -2.31. The number of carbonyl (C=O) groups is 2. The summed E-state index contributed by atoms with van der Waals surface area (Å²) in [5.41, 5.74) is 13.1. The van der Waals surface area contributed by atoms with Crippen LogP contribution in [0, 0.1) is 0 Å². The molecule has 3 aromatic rings. The minimum Gasteiger partial charge on any atom is -0.456 e. The van der Waals surface area contributed by atoms with Crippen molar-refractivity contribution in [3.63, 3.8) is 0 Å². The summed E-state index contributed by atoms with van der Waals surface area (Å²) in [4.78, 5) is 30.7. The van der Waals surface area contributed by atoms with Crippen molar-refractivity contribution in [3.8, 4) is 22.9 Å². The van der Waals surface area contributed by atoms with Gasteiger partial charge >= 0.3 is 0 Å². The fourth-order valence-electron chi connectivity index (χ4n) is 4.40. The molecule has 0 unspecified atom stereocenters. The van der Waals surface area contributed by atoms with Crippen LogP contribution in [-0.2, 0) is 4.79 Å². The van der Waals surface area contributed by atoms with Gasteiger partial charge in [-0.3, -0.25) is 14.6 Å². The van der Waals surface area contributed by atoms with Crippen molar-refractivity contribution in [3.05, 3.63) is 66.9 Å². The Labute approximate surface area is 204 Å². The lowest BCUT2D eigenvalue weighted by molar-refractivity contribution is -0.126. The molecule has 1 aromatic carbocycles. The number of carbonyl (C=O) groups excluding carboxylic acids is 2. The van der Waals surface area contributed by atoms with E-state index in [4.69, 9.17) is 21.3 Å². The van der Waals surface area contributed by atoms with Crippen molar-refractivity contribution < 1.29 is 14.3 Å². The monoisotopic (exact) mass is 474 g/mol. The van der Waals surface area contributed by atoms with Crippen LogP contribution < -0.4 is 16.2 Å². The molecule has 4 N–H and O–H groups in total. The molecule has 1 fully saturated rings. The van der Waals surface area contributed by atoms with E-state index in [0.29, 0.717) is 36.0 Å². The van der Waals surface area contributed by atoms with Crippen molar-refractivity contribution in [2.24, 2.45) is 5.73 Å². The zero-order valence-corrected chi connectivity index (χ0v) is 19.6. The largest absolute Gasteiger partial charge is 0.456 e. The van der Waals surface area contributed by atoms with Gasteiger partial charge in [-0.2, -0.15) is 5.10 Å². The normalized spacial score (nSPS) is 16.6. The molecule has 4 rings (SSSR count). The number of anilines is 1. The zero-order chi connectivity index (χ0) is 24.8. The van der Waals surface area contributed by atoms with Crippen LogP contribution in [0.3, 0.4) is 0 Å². The van der Waals surface area contributed by atoms with Gasteiger partial charge in [0.05, 0.1) is 17.9 Å². The molecule has 0 bridgehead atoms. The predicted molar refractivity (Wildman–Crippen MR) is 134 cm³/mol. The Balaban J connectivity index is 1.58. The Morgan fingerprint density at radius 2 is 1.77 bits per heavy atom. The number of hydrogen-bond donors (Lipinski definition) is 2. The van der Waals surface area contributed by atoms with E-state index in [1.165, 1.54) is 6.08 Å². The highest BCUT2D eigenvalue weighted by Crippen LogP contribution is 2.33. The number of benzene rings is 1. The second-order valence-corrected chi connectivity index (χ2v) is 8.53. The molecule has 0 aliphatic carbocycles. The number of ether oxygens (including phenoxy) is 1. The summed E-state index contributed by atoms with van der Waals surface area (Å²) in [5.74, 6) is 0.791. The first-order chi connectivity index (χ1) is 17.0. The Morgan fingerprint density at radius 3 is 2.46 bits per heavy atom. The molecule has 2 aromatic heterocycles. The number of rotatable bonds is 6. The highest BCUT2D eigenvalue weighted by molar-refractivity contribution is 6.03. The summed E-state index contributed by atoms with van der Waals surface area (Å²) in [6, 6.07) is 12.9. The Morgan fingerprint density at radius 1 is 1.03 bits per heavy atom. The first-order valence-electron chi connectivity index (χ1n) is 11.8. The van der Waals surface area contributed by atoms with Crippen molar-refractivity contribution in [1.82, 2.24) is 19.7 Å². The van der Waals surface area contributed by atoms with Gasteiger partial charge < -0.3 is 21.1 Å². The molecular weight excluding hydrogens is 444 g/mol. The summed E-state index contributed by atoms with van der Waals surface area (Å²) in [6.07, 6.45) is 7.09. The molecule has 1 aliphatic rings. The number of primary amides is 1. The van der Waals surface area contributed by atoms with E-state index >= 15 is 0 Å². The molecule has 0 radical (unpaired) electrons. The molecule has 9 heteroatoms. The van der Waals surface area contributed by atoms with Gasteiger partial charge in [-0.25, -0.2) is 4.68 Å². The molecule has 182 valence electrons. The number of amides is 2. The molecule has 1 aliphatic heterocycles. The fourth-order valence-corrected chi connectivity index (χ4v) is 4.40. The lowest BCUT2D eigenvalue weighted by Gasteiger charge is -2.20. The van der Waals surface area contributed by atoms with E-state index in [1.54, 1.807) is 23.0 Å². The second kappa shape index (κ2) is 10.9. The Kier molecular flexibility index (Phi) is 7.45. The van der Waals surface area contributed by atoms with E-state index in [-0.39, 0.29) is 23.3 Å². The van der Waals surface area contributed by atoms with Crippen LogP contribution in [0.15, 0.2) is 61.3 Å². The van der Waals surface area contributed by atoms with E-state index in [1.807, 2.05) is 35.2 Å². The molecule has 3 heterocycles. The van der Waals surface area contributed by atoms with Crippen LogP contribution in [0.4, 0.5) is 5.82 Å². The third kappa shape index (κ3) is 5.51. The van der Waals surface area contributed by atoms with Gasteiger partial charge in [-0.05, 0) is 62.4 Å². The van der Waals surface area contributed by atoms with Crippen LogP contribution in [0.25, 0.3) is 11.4 Å². The summed E-state index contributed by atoms with van der Waals surface area (Å²) in [7, 11) is 0. The molecule has 9 nitrogen and oxygen atoms in total. The highest BCUT2D eigenvalue weighted by atomic mass is 16.5. The molecule has 1 saturated heterocycles. The molecule has 0 saturated carbocycles. The molecule has 2 amide bonds. The van der Waals surface area contributed by atoms with E-state index < -0.39 is 5.91 Å². The fraction of sp³-hybridized carbons (Fsp3) is 0.308. The number of nitrogens with zero attached hydrogens (tertiary/aromatic N) is 4. The van der Waals surface area contributed by atoms with Crippen molar-refractivity contribution in [1.29, 1.82) is 0 Å². The van der Waals surface area contributed by atoms with Crippen LogP contribution >= 0.6 is 0 Å².